The lowest BCUT2D eigenvalue weighted by Crippen LogP contribution is -2.31. The fourth-order valence-corrected chi connectivity index (χ4v) is 3.00. The summed E-state index contributed by atoms with van der Waals surface area (Å²) in [6.45, 7) is 3.86. The lowest BCUT2D eigenvalue weighted by Gasteiger charge is -2.29. The Hall–Kier alpha value is -1.75. The van der Waals surface area contributed by atoms with Gasteiger partial charge in [0.25, 0.3) is 0 Å². The molecule has 0 bridgehead atoms. The summed E-state index contributed by atoms with van der Waals surface area (Å²) in [6.07, 6.45) is 2.58. The minimum Gasteiger partial charge on any atom is -0.397 e. The molecular formula is C15H21N3O2. The third-order valence-electron chi connectivity index (χ3n) is 4.26. The Bertz CT molecular complexity index is 524. The predicted molar refractivity (Wildman–Crippen MR) is 79.8 cm³/mol. The number of benzene rings is 1. The zero-order valence-electron chi connectivity index (χ0n) is 11.7. The summed E-state index contributed by atoms with van der Waals surface area (Å²) in [5.74, 6) is 0.639. The maximum atomic E-state index is 11.4. The third-order valence-corrected chi connectivity index (χ3v) is 4.26. The van der Waals surface area contributed by atoms with Crippen LogP contribution < -0.4 is 16.4 Å². The first-order valence-electron chi connectivity index (χ1n) is 7.20. The van der Waals surface area contributed by atoms with Crippen LogP contribution >= 0.6 is 0 Å². The molecular weight excluding hydrogens is 254 g/mol. The van der Waals surface area contributed by atoms with E-state index in [2.05, 4.69) is 17.6 Å². The normalized spacial score (nSPS) is 20.4. The Kier molecular flexibility index (Phi) is 3.53. The van der Waals surface area contributed by atoms with Crippen LogP contribution in [-0.4, -0.2) is 25.2 Å². The largest absolute Gasteiger partial charge is 0.397 e. The summed E-state index contributed by atoms with van der Waals surface area (Å²) in [6, 6.07) is 4.19. The second-order valence-electron chi connectivity index (χ2n) is 5.70. The summed E-state index contributed by atoms with van der Waals surface area (Å²) in [5, 5.41) is 6.36. The number of nitrogen functional groups attached to an aromatic ring is 1. The van der Waals surface area contributed by atoms with Gasteiger partial charge in [-0.25, -0.2) is 0 Å². The third kappa shape index (κ3) is 2.58. The topological polar surface area (TPSA) is 76.4 Å². The summed E-state index contributed by atoms with van der Waals surface area (Å²) in [4.78, 5) is 11.4. The van der Waals surface area contributed by atoms with E-state index in [4.69, 9.17) is 10.5 Å². The number of nitrogens with one attached hydrogen (secondary N) is 2. The highest BCUT2D eigenvalue weighted by atomic mass is 16.5. The van der Waals surface area contributed by atoms with Gasteiger partial charge >= 0.3 is 0 Å². The fourth-order valence-electron chi connectivity index (χ4n) is 3.00. The Labute approximate surface area is 118 Å². The number of carbonyl (C=O) groups excluding carboxylic acids is 1. The highest BCUT2D eigenvalue weighted by Crippen LogP contribution is 2.33. The van der Waals surface area contributed by atoms with E-state index in [1.807, 2.05) is 12.1 Å². The molecule has 2 aliphatic heterocycles. The van der Waals surface area contributed by atoms with Gasteiger partial charge in [0.05, 0.1) is 17.8 Å². The molecule has 1 aromatic rings. The molecule has 4 N–H and O–H groups in total. The first-order valence-corrected chi connectivity index (χ1v) is 7.20. The van der Waals surface area contributed by atoms with E-state index in [-0.39, 0.29) is 5.91 Å². The monoisotopic (exact) mass is 275 g/mol. The smallest absolute Gasteiger partial charge is 0.228 e. The Morgan fingerprint density at radius 1 is 1.40 bits per heavy atom. The van der Waals surface area contributed by atoms with E-state index in [1.165, 1.54) is 0 Å². The van der Waals surface area contributed by atoms with Gasteiger partial charge in [-0.2, -0.15) is 0 Å². The van der Waals surface area contributed by atoms with Crippen LogP contribution in [0.25, 0.3) is 0 Å². The number of amides is 1. The van der Waals surface area contributed by atoms with Crippen LogP contribution in [0.4, 0.5) is 17.1 Å². The van der Waals surface area contributed by atoms with Crippen molar-refractivity contribution in [3.63, 3.8) is 0 Å². The predicted octanol–water partition coefficient (Wildman–Crippen LogP) is 1.99. The molecule has 1 unspecified atom stereocenters. The highest BCUT2D eigenvalue weighted by molar-refractivity contribution is 6.00. The number of nitrogens with two attached hydrogens (primary N) is 1. The highest BCUT2D eigenvalue weighted by Gasteiger charge is 2.23. The van der Waals surface area contributed by atoms with E-state index in [0.29, 0.717) is 24.1 Å². The first kappa shape index (κ1) is 13.2. The summed E-state index contributed by atoms with van der Waals surface area (Å²) in [5.41, 5.74) is 9.57. The van der Waals surface area contributed by atoms with Crippen LogP contribution in [0.5, 0.6) is 0 Å². The Morgan fingerprint density at radius 3 is 2.90 bits per heavy atom. The van der Waals surface area contributed by atoms with E-state index in [9.17, 15) is 4.79 Å². The molecule has 3 rings (SSSR count). The Balaban J connectivity index is 1.74. The van der Waals surface area contributed by atoms with Crippen molar-refractivity contribution in [3.05, 3.63) is 17.7 Å². The molecule has 20 heavy (non-hydrogen) atoms. The molecule has 0 radical (unpaired) electrons. The van der Waals surface area contributed by atoms with Crippen molar-refractivity contribution in [1.29, 1.82) is 0 Å². The van der Waals surface area contributed by atoms with Crippen LogP contribution in [-0.2, 0) is 16.0 Å². The molecule has 1 saturated heterocycles. The lowest BCUT2D eigenvalue weighted by atomic mass is 9.92. The van der Waals surface area contributed by atoms with Gasteiger partial charge in [0.1, 0.15) is 0 Å². The molecule has 1 fully saturated rings. The fraction of sp³-hybridized carbons (Fsp3) is 0.533. The molecule has 0 saturated carbocycles. The second kappa shape index (κ2) is 5.32. The number of ether oxygens (including phenoxy) is 1. The molecule has 0 spiro atoms. The van der Waals surface area contributed by atoms with Crippen molar-refractivity contribution < 1.29 is 9.53 Å². The zero-order valence-corrected chi connectivity index (χ0v) is 11.7. The molecule has 1 atom stereocenters. The number of fused-ring (bicyclic) bond motifs is 1. The van der Waals surface area contributed by atoms with Crippen LogP contribution in [0.2, 0.25) is 0 Å². The molecule has 5 heteroatoms. The average molecular weight is 275 g/mol. The molecule has 1 amide bonds. The molecule has 1 aromatic carbocycles. The van der Waals surface area contributed by atoms with E-state index in [0.717, 1.165) is 43.0 Å². The average Bonchev–Trinajstić information content (AvgIpc) is 2.79. The van der Waals surface area contributed by atoms with Crippen LogP contribution in [0, 0.1) is 5.92 Å². The van der Waals surface area contributed by atoms with Gasteiger partial charge < -0.3 is 21.1 Å². The maximum Gasteiger partial charge on any atom is 0.228 e. The SMILES string of the molecule is CC(Nc1cc2c(cc1N)CC(=O)N2)C1CCOCC1. The quantitative estimate of drug-likeness (QED) is 0.737. The number of anilines is 3. The van der Waals surface area contributed by atoms with Crippen molar-refractivity contribution in [3.8, 4) is 0 Å². The van der Waals surface area contributed by atoms with Gasteiger partial charge in [0.15, 0.2) is 0 Å². The zero-order chi connectivity index (χ0) is 14.1. The van der Waals surface area contributed by atoms with Crippen molar-refractivity contribution >= 4 is 23.0 Å². The van der Waals surface area contributed by atoms with Crippen molar-refractivity contribution in [2.45, 2.75) is 32.2 Å². The molecule has 0 aromatic heterocycles. The molecule has 0 aliphatic carbocycles. The number of carbonyl (C=O) groups is 1. The van der Waals surface area contributed by atoms with Gasteiger partial charge in [-0.15, -0.1) is 0 Å². The van der Waals surface area contributed by atoms with Crippen molar-refractivity contribution in [2.24, 2.45) is 5.92 Å². The van der Waals surface area contributed by atoms with Gasteiger partial charge in [-0.1, -0.05) is 0 Å². The summed E-state index contributed by atoms with van der Waals surface area (Å²) >= 11 is 0. The Morgan fingerprint density at radius 2 is 2.15 bits per heavy atom. The second-order valence-corrected chi connectivity index (χ2v) is 5.70. The van der Waals surface area contributed by atoms with E-state index in [1.54, 1.807) is 0 Å². The first-order chi connectivity index (χ1) is 9.63. The van der Waals surface area contributed by atoms with Crippen LogP contribution in [0.3, 0.4) is 0 Å². The maximum absolute atomic E-state index is 11.4. The standard InChI is InChI=1S/C15H21N3O2/c1-9(10-2-4-20-5-3-10)17-14-8-13-11(6-12(14)16)7-15(19)18-13/h6,8-10,17H,2-5,7,16H2,1H3,(H,18,19). The van der Waals surface area contributed by atoms with E-state index >= 15 is 0 Å². The molecule has 2 heterocycles. The van der Waals surface area contributed by atoms with Crippen LogP contribution in [0.1, 0.15) is 25.3 Å². The van der Waals surface area contributed by atoms with Crippen molar-refractivity contribution in [1.82, 2.24) is 0 Å². The van der Waals surface area contributed by atoms with Gasteiger partial charge in [-0.05, 0) is 43.4 Å². The minimum atomic E-state index is 0.0361. The van der Waals surface area contributed by atoms with Gasteiger partial charge in [0.2, 0.25) is 5.91 Å². The molecule has 5 nitrogen and oxygen atoms in total. The van der Waals surface area contributed by atoms with Crippen molar-refractivity contribution in [2.75, 3.05) is 29.6 Å². The number of rotatable bonds is 3. The number of hydrogen-bond acceptors (Lipinski definition) is 4. The lowest BCUT2D eigenvalue weighted by molar-refractivity contribution is -0.115. The summed E-state index contributed by atoms with van der Waals surface area (Å²) < 4.78 is 5.40. The van der Waals surface area contributed by atoms with E-state index < -0.39 is 0 Å². The number of hydrogen-bond donors (Lipinski definition) is 3. The molecule has 2 aliphatic rings. The summed E-state index contributed by atoms with van der Waals surface area (Å²) in [7, 11) is 0. The minimum absolute atomic E-state index is 0.0361. The van der Waals surface area contributed by atoms with Gasteiger partial charge in [-0.3, -0.25) is 4.79 Å². The molecule has 108 valence electrons. The van der Waals surface area contributed by atoms with Gasteiger partial charge in [0, 0.05) is 24.9 Å². The van der Waals surface area contributed by atoms with Crippen LogP contribution in [0.15, 0.2) is 12.1 Å².